The first-order valence-corrected chi connectivity index (χ1v) is 3.58. The Morgan fingerprint density at radius 3 is 3.08 bits per heavy atom. The molecule has 3 heteroatoms. The van der Waals surface area contributed by atoms with Gasteiger partial charge in [0.25, 0.3) is 0 Å². The van der Waals surface area contributed by atoms with Gasteiger partial charge in [0, 0.05) is 7.11 Å². The number of ether oxygens (including phenoxy) is 1. The molecule has 1 aromatic heterocycles. The van der Waals surface area contributed by atoms with Gasteiger partial charge >= 0.3 is 0 Å². The lowest BCUT2D eigenvalue weighted by molar-refractivity contribution is 0.181. The number of hydrogen-bond acceptors (Lipinski definition) is 2. The molecule has 1 aromatic rings. The summed E-state index contributed by atoms with van der Waals surface area (Å²) in [5.41, 5.74) is 1.40. The van der Waals surface area contributed by atoms with Crippen molar-refractivity contribution in [2.24, 2.45) is 0 Å². The first-order valence-electron chi connectivity index (χ1n) is 3.58. The van der Waals surface area contributed by atoms with Crippen molar-refractivity contribution >= 4 is 6.08 Å². The highest BCUT2D eigenvalue weighted by Crippen LogP contribution is 2.02. The molecule has 0 saturated carbocycles. The van der Waals surface area contributed by atoms with Crippen molar-refractivity contribution in [1.29, 1.82) is 0 Å². The van der Waals surface area contributed by atoms with Crippen LogP contribution in [0.5, 0.6) is 0 Å². The van der Waals surface area contributed by atoms with Crippen molar-refractivity contribution in [3.63, 3.8) is 0 Å². The Kier molecular flexibility index (Phi) is 3.41. The SMILES string of the molecule is COCc1cccc(/C=C\F)n1. The Morgan fingerprint density at radius 1 is 1.58 bits per heavy atom. The van der Waals surface area contributed by atoms with E-state index in [0.717, 1.165) is 5.69 Å². The van der Waals surface area contributed by atoms with Gasteiger partial charge in [0.1, 0.15) is 0 Å². The normalized spacial score (nSPS) is 10.8. The highest BCUT2D eigenvalue weighted by atomic mass is 19.1. The smallest absolute Gasteiger partial charge is 0.0888 e. The molecule has 0 N–H and O–H groups in total. The third-order valence-corrected chi connectivity index (χ3v) is 1.35. The Labute approximate surface area is 70.7 Å². The zero-order valence-electron chi connectivity index (χ0n) is 6.83. The van der Waals surface area contributed by atoms with E-state index in [9.17, 15) is 4.39 Å². The molecule has 12 heavy (non-hydrogen) atoms. The molecule has 2 nitrogen and oxygen atoms in total. The predicted octanol–water partition coefficient (Wildman–Crippen LogP) is 2.17. The molecule has 0 radical (unpaired) electrons. The van der Waals surface area contributed by atoms with Crippen LogP contribution in [0, 0.1) is 0 Å². The number of pyridine rings is 1. The van der Waals surface area contributed by atoms with Crippen molar-refractivity contribution in [1.82, 2.24) is 4.98 Å². The summed E-state index contributed by atoms with van der Waals surface area (Å²) in [6, 6.07) is 5.38. The van der Waals surface area contributed by atoms with E-state index in [0.29, 0.717) is 18.6 Å². The minimum Gasteiger partial charge on any atom is -0.378 e. The summed E-state index contributed by atoms with van der Waals surface area (Å²) in [6.45, 7) is 0.452. The van der Waals surface area contributed by atoms with E-state index in [1.54, 1.807) is 13.2 Å². The average Bonchev–Trinajstić information content (AvgIpc) is 2.06. The van der Waals surface area contributed by atoms with Crippen LogP contribution in [0.4, 0.5) is 4.39 Å². The van der Waals surface area contributed by atoms with Gasteiger partial charge in [-0.15, -0.1) is 0 Å². The Balaban J connectivity index is 2.80. The van der Waals surface area contributed by atoms with Crippen LogP contribution in [0.3, 0.4) is 0 Å². The average molecular weight is 167 g/mol. The highest BCUT2D eigenvalue weighted by molar-refractivity contribution is 5.42. The topological polar surface area (TPSA) is 22.1 Å². The predicted molar refractivity (Wildman–Crippen MR) is 45.1 cm³/mol. The number of rotatable bonds is 3. The van der Waals surface area contributed by atoms with Gasteiger partial charge < -0.3 is 4.74 Å². The third kappa shape index (κ3) is 2.43. The number of aromatic nitrogens is 1. The molecule has 0 unspecified atom stereocenters. The zero-order chi connectivity index (χ0) is 8.81. The standard InChI is InChI=1S/C9H10FNO/c1-12-7-9-4-2-3-8(11-9)5-6-10/h2-6H,7H2,1H3/b6-5-. The van der Waals surface area contributed by atoms with Gasteiger partial charge in [0.05, 0.1) is 24.3 Å². The Morgan fingerprint density at radius 2 is 2.42 bits per heavy atom. The molecule has 0 saturated heterocycles. The summed E-state index contributed by atoms with van der Waals surface area (Å²) in [6.07, 6.45) is 1.78. The van der Waals surface area contributed by atoms with Gasteiger partial charge in [0.2, 0.25) is 0 Å². The van der Waals surface area contributed by atoms with Crippen LogP contribution >= 0.6 is 0 Å². The van der Waals surface area contributed by atoms with E-state index >= 15 is 0 Å². The second kappa shape index (κ2) is 4.62. The number of hydrogen-bond donors (Lipinski definition) is 0. The molecule has 0 aliphatic rings. The van der Waals surface area contributed by atoms with Gasteiger partial charge in [0.15, 0.2) is 0 Å². The van der Waals surface area contributed by atoms with Gasteiger partial charge in [-0.05, 0) is 18.2 Å². The molecule has 64 valence electrons. The maximum atomic E-state index is 11.7. The van der Waals surface area contributed by atoms with E-state index in [2.05, 4.69) is 4.98 Å². The van der Waals surface area contributed by atoms with E-state index in [-0.39, 0.29) is 0 Å². The summed E-state index contributed by atoms with van der Waals surface area (Å²) in [7, 11) is 1.60. The number of halogens is 1. The summed E-state index contributed by atoms with van der Waals surface area (Å²) in [5.74, 6) is 0. The Hall–Kier alpha value is -1.22. The third-order valence-electron chi connectivity index (χ3n) is 1.35. The van der Waals surface area contributed by atoms with Crippen LogP contribution in [0.2, 0.25) is 0 Å². The summed E-state index contributed by atoms with van der Waals surface area (Å²) in [5, 5.41) is 0. The maximum Gasteiger partial charge on any atom is 0.0888 e. The molecule has 1 rings (SSSR count). The molecule has 0 fully saturated rings. The second-order valence-corrected chi connectivity index (χ2v) is 2.28. The minimum absolute atomic E-state index is 0.452. The molecular formula is C9H10FNO. The van der Waals surface area contributed by atoms with Crippen LogP contribution < -0.4 is 0 Å². The van der Waals surface area contributed by atoms with Gasteiger partial charge in [-0.3, -0.25) is 4.98 Å². The van der Waals surface area contributed by atoms with Crippen LogP contribution in [0.15, 0.2) is 24.5 Å². The van der Waals surface area contributed by atoms with E-state index < -0.39 is 0 Å². The number of methoxy groups -OCH3 is 1. The monoisotopic (exact) mass is 167 g/mol. The molecule has 0 atom stereocenters. The molecule has 0 aromatic carbocycles. The Bertz CT molecular complexity index is 273. The molecule has 0 amide bonds. The number of nitrogens with zero attached hydrogens (tertiary/aromatic N) is 1. The van der Waals surface area contributed by atoms with Crippen molar-refractivity contribution in [3.8, 4) is 0 Å². The lowest BCUT2D eigenvalue weighted by Crippen LogP contribution is -1.92. The van der Waals surface area contributed by atoms with Gasteiger partial charge in [-0.1, -0.05) is 6.07 Å². The molecule has 0 spiro atoms. The van der Waals surface area contributed by atoms with Crippen LogP contribution in [-0.4, -0.2) is 12.1 Å². The molecule has 0 aliphatic carbocycles. The van der Waals surface area contributed by atoms with E-state index in [1.165, 1.54) is 6.08 Å². The lowest BCUT2D eigenvalue weighted by atomic mass is 10.3. The highest BCUT2D eigenvalue weighted by Gasteiger charge is 1.93. The quantitative estimate of drug-likeness (QED) is 0.688. The second-order valence-electron chi connectivity index (χ2n) is 2.28. The van der Waals surface area contributed by atoms with Crippen LogP contribution in [0.1, 0.15) is 11.4 Å². The largest absolute Gasteiger partial charge is 0.378 e. The van der Waals surface area contributed by atoms with E-state index in [1.807, 2.05) is 12.1 Å². The molecule has 1 heterocycles. The van der Waals surface area contributed by atoms with Crippen molar-refractivity contribution in [3.05, 3.63) is 35.9 Å². The fourth-order valence-electron chi connectivity index (χ4n) is 0.884. The fourth-order valence-corrected chi connectivity index (χ4v) is 0.884. The molecule has 0 aliphatic heterocycles. The summed E-state index contributed by atoms with van der Waals surface area (Å²) >= 11 is 0. The molecular weight excluding hydrogens is 157 g/mol. The van der Waals surface area contributed by atoms with Gasteiger partial charge in [-0.2, -0.15) is 0 Å². The minimum atomic E-state index is 0.452. The lowest BCUT2D eigenvalue weighted by Gasteiger charge is -1.98. The van der Waals surface area contributed by atoms with Crippen molar-refractivity contribution in [2.75, 3.05) is 7.11 Å². The van der Waals surface area contributed by atoms with Crippen molar-refractivity contribution in [2.45, 2.75) is 6.61 Å². The van der Waals surface area contributed by atoms with Crippen LogP contribution in [0.25, 0.3) is 6.08 Å². The fraction of sp³-hybridized carbons (Fsp3) is 0.222. The van der Waals surface area contributed by atoms with Gasteiger partial charge in [-0.25, -0.2) is 4.39 Å². The summed E-state index contributed by atoms with van der Waals surface area (Å²) < 4.78 is 16.6. The van der Waals surface area contributed by atoms with E-state index in [4.69, 9.17) is 4.74 Å². The summed E-state index contributed by atoms with van der Waals surface area (Å²) in [4.78, 5) is 4.10. The zero-order valence-corrected chi connectivity index (χ0v) is 6.83. The maximum absolute atomic E-state index is 11.7. The first kappa shape index (κ1) is 8.87. The molecule has 0 bridgehead atoms. The first-order chi connectivity index (χ1) is 5.86. The van der Waals surface area contributed by atoms with Crippen LogP contribution in [-0.2, 0) is 11.3 Å². The van der Waals surface area contributed by atoms with Crippen molar-refractivity contribution < 1.29 is 9.13 Å².